The van der Waals surface area contributed by atoms with Gasteiger partial charge in [0, 0.05) is 24.6 Å². The second-order valence-corrected chi connectivity index (χ2v) is 5.46. The minimum absolute atomic E-state index is 0.117. The minimum atomic E-state index is -0.337. The number of hydrogen-bond acceptors (Lipinski definition) is 3. The third-order valence-electron chi connectivity index (χ3n) is 3.75. The first-order chi connectivity index (χ1) is 10.2. The van der Waals surface area contributed by atoms with Crippen LogP contribution in [0.5, 0.6) is 0 Å². The fraction of sp³-hybridized carbons (Fsp3) is 0.529. The first-order valence-electron chi connectivity index (χ1n) is 7.57. The Morgan fingerprint density at radius 3 is 3.14 bits per heavy atom. The van der Waals surface area contributed by atoms with Crippen molar-refractivity contribution in [3.63, 3.8) is 0 Å². The van der Waals surface area contributed by atoms with Gasteiger partial charge in [0.2, 0.25) is 0 Å². The SMILES string of the molecule is [CH2]CCCC(=O)OCC1CCCC(c2cc[c]c(F)c2)N1. The van der Waals surface area contributed by atoms with Crippen LogP contribution >= 0.6 is 0 Å². The number of hydrogen-bond donors (Lipinski definition) is 1. The van der Waals surface area contributed by atoms with Gasteiger partial charge < -0.3 is 10.1 Å². The molecule has 0 bridgehead atoms. The summed E-state index contributed by atoms with van der Waals surface area (Å²) in [5.41, 5.74) is 0.930. The van der Waals surface area contributed by atoms with E-state index in [4.69, 9.17) is 4.74 Å². The van der Waals surface area contributed by atoms with Crippen LogP contribution in [-0.2, 0) is 9.53 Å². The highest BCUT2D eigenvalue weighted by atomic mass is 19.1. The maximum Gasteiger partial charge on any atom is 0.305 e. The Labute approximate surface area is 125 Å². The molecule has 1 heterocycles. The molecular formula is C17H22FNO2. The lowest BCUT2D eigenvalue weighted by Crippen LogP contribution is -2.40. The second-order valence-electron chi connectivity index (χ2n) is 5.46. The molecule has 2 radical (unpaired) electrons. The van der Waals surface area contributed by atoms with Crippen LogP contribution < -0.4 is 5.32 Å². The van der Waals surface area contributed by atoms with Crippen LogP contribution in [0.1, 0.15) is 50.1 Å². The molecule has 0 saturated carbocycles. The zero-order valence-corrected chi connectivity index (χ0v) is 12.2. The normalized spacial score (nSPS) is 22.0. The fourth-order valence-corrected chi connectivity index (χ4v) is 2.62. The Kier molecular flexibility index (Phi) is 6.18. The molecule has 1 aromatic carbocycles. The number of ether oxygens (including phenoxy) is 1. The summed E-state index contributed by atoms with van der Waals surface area (Å²) in [5, 5.41) is 3.44. The summed E-state index contributed by atoms with van der Waals surface area (Å²) in [4.78, 5) is 11.5. The van der Waals surface area contributed by atoms with E-state index in [9.17, 15) is 9.18 Å². The molecule has 1 fully saturated rings. The predicted molar refractivity (Wildman–Crippen MR) is 78.9 cm³/mol. The molecule has 0 aliphatic carbocycles. The lowest BCUT2D eigenvalue weighted by molar-refractivity contribution is -0.144. The van der Waals surface area contributed by atoms with E-state index in [-0.39, 0.29) is 23.9 Å². The molecule has 2 rings (SSSR count). The predicted octanol–water partition coefficient (Wildman–Crippen LogP) is 3.36. The van der Waals surface area contributed by atoms with Gasteiger partial charge in [0.05, 0.1) is 0 Å². The van der Waals surface area contributed by atoms with Crippen molar-refractivity contribution in [2.45, 2.75) is 50.6 Å². The lowest BCUT2D eigenvalue weighted by Gasteiger charge is -2.31. The van der Waals surface area contributed by atoms with Gasteiger partial charge in [-0.1, -0.05) is 25.5 Å². The van der Waals surface area contributed by atoms with Crippen LogP contribution in [0.4, 0.5) is 4.39 Å². The van der Waals surface area contributed by atoms with Gasteiger partial charge in [-0.3, -0.25) is 4.79 Å². The van der Waals surface area contributed by atoms with Crippen LogP contribution in [0.25, 0.3) is 0 Å². The molecule has 1 saturated heterocycles. The number of piperidine rings is 1. The van der Waals surface area contributed by atoms with Crippen LogP contribution in [-0.4, -0.2) is 18.6 Å². The molecule has 1 aliphatic rings. The summed E-state index contributed by atoms with van der Waals surface area (Å²) in [7, 11) is 0. The molecule has 0 spiro atoms. The lowest BCUT2D eigenvalue weighted by atomic mass is 9.94. The Morgan fingerprint density at radius 2 is 2.38 bits per heavy atom. The highest BCUT2D eigenvalue weighted by Crippen LogP contribution is 2.26. The summed E-state index contributed by atoms with van der Waals surface area (Å²) in [5.74, 6) is -0.501. The summed E-state index contributed by atoms with van der Waals surface area (Å²) < 4.78 is 18.5. The molecule has 1 aliphatic heterocycles. The molecule has 2 unspecified atom stereocenters. The van der Waals surface area contributed by atoms with Crippen molar-refractivity contribution in [3.8, 4) is 0 Å². The van der Waals surface area contributed by atoms with Gasteiger partial charge in [-0.25, -0.2) is 4.39 Å². The molecule has 1 aromatic rings. The number of halogens is 1. The zero-order chi connectivity index (χ0) is 15.1. The molecule has 3 nitrogen and oxygen atoms in total. The van der Waals surface area contributed by atoms with Gasteiger partial charge in [-0.2, -0.15) is 0 Å². The average molecular weight is 291 g/mol. The molecule has 0 amide bonds. The van der Waals surface area contributed by atoms with E-state index in [1.807, 2.05) is 6.07 Å². The molecule has 114 valence electrons. The standard InChI is InChI=1S/C17H22FNO2/c1-2-3-10-17(20)21-12-15-8-5-9-16(19-15)13-6-4-7-14(18)11-13/h4,6,11,15-16,19H,1-3,5,8-10,12H2. The van der Waals surface area contributed by atoms with Crippen molar-refractivity contribution in [3.05, 3.63) is 42.6 Å². The quantitative estimate of drug-likeness (QED) is 0.817. The maximum atomic E-state index is 13.2. The third kappa shape index (κ3) is 5.12. The van der Waals surface area contributed by atoms with Crippen LogP contribution in [0.15, 0.2) is 18.2 Å². The maximum absolute atomic E-state index is 13.2. The van der Waals surface area contributed by atoms with Crippen molar-refractivity contribution >= 4 is 5.97 Å². The van der Waals surface area contributed by atoms with Crippen molar-refractivity contribution in [2.75, 3.05) is 6.61 Å². The summed E-state index contributed by atoms with van der Waals surface area (Å²) in [6.45, 7) is 4.09. The molecule has 21 heavy (non-hydrogen) atoms. The van der Waals surface area contributed by atoms with E-state index in [1.54, 1.807) is 6.07 Å². The Morgan fingerprint density at radius 1 is 1.52 bits per heavy atom. The van der Waals surface area contributed by atoms with Crippen LogP contribution in [0, 0.1) is 18.8 Å². The summed E-state index contributed by atoms with van der Waals surface area (Å²) >= 11 is 0. The Hall–Kier alpha value is -1.42. The molecular weight excluding hydrogens is 269 g/mol. The smallest absolute Gasteiger partial charge is 0.305 e. The summed E-state index contributed by atoms with van der Waals surface area (Å²) in [6, 6.07) is 7.77. The van der Waals surface area contributed by atoms with Gasteiger partial charge in [0.15, 0.2) is 0 Å². The van der Waals surface area contributed by atoms with Crippen molar-refractivity contribution in [1.82, 2.24) is 5.32 Å². The number of carbonyl (C=O) groups is 1. The van der Waals surface area contributed by atoms with Gasteiger partial charge in [-0.15, -0.1) is 0 Å². The zero-order valence-electron chi connectivity index (χ0n) is 12.2. The highest BCUT2D eigenvalue weighted by molar-refractivity contribution is 5.69. The van der Waals surface area contributed by atoms with Crippen molar-refractivity contribution < 1.29 is 13.9 Å². The fourth-order valence-electron chi connectivity index (χ4n) is 2.62. The number of unbranched alkanes of at least 4 members (excludes halogenated alkanes) is 1. The molecule has 2 atom stereocenters. The van der Waals surface area contributed by atoms with Crippen molar-refractivity contribution in [2.24, 2.45) is 0 Å². The van der Waals surface area contributed by atoms with Crippen LogP contribution in [0.2, 0.25) is 0 Å². The monoisotopic (exact) mass is 291 g/mol. The molecule has 1 N–H and O–H groups in total. The molecule has 0 aromatic heterocycles. The largest absolute Gasteiger partial charge is 0.464 e. The first-order valence-corrected chi connectivity index (χ1v) is 7.57. The first kappa shape index (κ1) is 16.0. The van der Waals surface area contributed by atoms with E-state index >= 15 is 0 Å². The number of nitrogens with one attached hydrogen (secondary N) is 1. The summed E-state index contributed by atoms with van der Waals surface area (Å²) in [6.07, 6.45) is 4.92. The van der Waals surface area contributed by atoms with Gasteiger partial charge in [-0.05, 0) is 37.3 Å². The van der Waals surface area contributed by atoms with E-state index < -0.39 is 0 Å². The minimum Gasteiger partial charge on any atom is -0.464 e. The van der Waals surface area contributed by atoms with E-state index in [0.29, 0.717) is 13.0 Å². The number of rotatable bonds is 6. The Balaban J connectivity index is 1.82. The van der Waals surface area contributed by atoms with Gasteiger partial charge in [0.25, 0.3) is 0 Å². The average Bonchev–Trinajstić information content (AvgIpc) is 2.51. The van der Waals surface area contributed by atoms with Gasteiger partial charge in [0.1, 0.15) is 12.4 Å². The van der Waals surface area contributed by atoms with Crippen molar-refractivity contribution in [1.29, 1.82) is 0 Å². The Bertz CT molecular complexity index is 464. The topological polar surface area (TPSA) is 38.3 Å². The van der Waals surface area contributed by atoms with E-state index in [2.05, 4.69) is 18.3 Å². The number of esters is 1. The molecule has 4 heteroatoms. The number of benzene rings is 1. The van der Waals surface area contributed by atoms with Crippen LogP contribution in [0.3, 0.4) is 0 Å². The highest BCUT2D eigenvalue weighted by Gasteiger charge is 2.23. The van der Waals surface area contributed by atoms with E-state index in [1.165, 1.54) is 6.07 Å². The van der Waals surface area contributed by atoms with E-state index in [0.717, 1.165) is 37.7 Å². The number of carbonyl (C=O) groups excluding carboxylic acids is 1. The van der Waals surface area contributed by atoms with Gasteiger partial charge >= 0.3 is 5.97 Å². The third-order valence-corrected chi connectivity index (χ3v) is 3.75. The second kappa shape index (κ2) is 8.13.